The van der Waals surface area contributed by atoms with E-state index in [4.69, 9.17) is 23.7 Å². The molecule has 8 nitrogen and oxygen atoms in total. The minimum Gasteiger partial charge on any atom is -0.493 e. The molecule has 0 aliphatic rings. The molecule has 0 amide bonds. The summed E-state index contributed by atoms with van der Waals surface area (Å²) in [6.45, 7) is 14.4. The zero-order chi connectivity index (χ0) is 30.9. The summed E-state index contributed by atoms with van der Waals surface area (Å²) in [7, 11) is 1.48. The first-order valence-corrected chi connectivity index (χ1v) is 13.2. The van der Waals surface area contributed by atoms with Crippen molar-refractivity contribution < 1.29 is 38.1 Å². The van der Waals surface area contributed by atoms with Crippen molar-refractivity contribution in [2.45, 2.75) is 26.7 Å². The Morgan fingerprint density at radius 2 is 1.31 bits per heavy atom. The summed E-state index contributed by atoms with van der Waals surface area (Å²) in [6.07, 6.45) is 5.69. The molecule has 0 bridgehead atoms. The fraction of sp³-hybridized carbons (Fsp3) is 0.206. The minimum absolute atomic E-state index is 0.271. The summed E-state index contributed by atoms with van der Waals surface area (Å²) in [4.78, 5) is 36.3. The van der Waals surface area contributed by atoms with Gasteiger partial charge in [-0.15, -0.1) is 0 Å². The van der Waals surface area contributed by atoms with Gasteiger partial charge in [-0.05, 0) is 80.8 Å². The highest BCUT2D eigenvalue weighted by Crippen LogP contribution is 2.29. The molecule has 0 fully saturated rings. The predicted molar refractivity (Wildman–Crippen MR) is 162 cm³/mol. The first-order chi connectivity index (χ1) is 20.2. The number of hydrogen-bond acceptors (Lipinski definition) is 8. The van der Waals surface area contributed by atoms with Crippen LogP contribution in [-0.4, -0.2) is 38.2 Å². The number of aryl methyl sites for hydroxylation is 2. The molecule has 220 valence electrons. The third-order valence-corrected chi connectivity index (χ3v) is 5.62. The van der Waals surface area contributed by atoms with Crippen LogP contribution in [0.4, 0.5) is 0 Å². The van der Waals surface area contributed by atoms with Crippen molar-refractivity contribution in [3.63, 3.8) is 0 Å². The highest BCUT2D eigenvalue weighted by Gasteiger charge is 2.16. The molecular formula is C34H36O8. The van der Waals surface area contributed by atoms with Gasteiger partial charge >= 0.3 is 17.9 Å². The molecule has 8 heteroatoms. The molecule has 3 aromatic carbocycles. The monoisotopic (exact) mass is 572 g/mol. The van der Waals surface area contributed by atoms with Crippen LogP contribution in [0.15, 0.2) is 98.6 Å². The fourth-order valence-electron chi connectivity index (χ4n) is 3.35. The number of carbonyl (C=O) groups is 3. The van der Waals surface area contributed by atoms with E-state index in [9.17, 15) is 14.4 Å². The van der Waals surface area contributed by atoms with Gasteiger partial charge in [0.15, 0.2) is 11.5 Å². The molecule has 0 unspecified atom stereocenters. The summed E-state index contributed by atoms with van der Waals surface area (Å²) >= 11 is 0. The summed E-state index contributed by atoms with van der Waals surface area (Å²) in [6, 6.07) is 16.6. The van der Waals surface area contributed by atoms with Crippen molar-refractivity contribution in [1.29, 1.82) is 0 Å². The number of ether oxygens (including phenoxy) is 5. The Kier molecular flexibility index (Phi) is 13.8. The quantitative estimate of drug-likeness (QED) is 0.0710. The average molecular weight is 573 g/mol. The Hall–Kier alpha value is -5.11. The molecule has 0 aliphatic heterocycles. The maximum Gasteiger partial charge on any atom is 0.343 e. The first-order valence-electron chi connectivity index (χ1n) is 13.2. The van der Waals surface area contributed by atoms with Gasteiger partial charge in [0.2, 0.25) is 0 Å². The number of methoxy groups -OCH3 is 1. The van der Waals surface area contributed by atoms with Gasteiger partial charge in [-0.1, -0.05) is 49.6 Å². The lowest BCUT2D eigenvalue weighted by molar-refractivity contribution is -0.137. The van der Waals surface area contributed by atoms with Gasteiger partial charge in [-0.2, -0.15) is 0 Å². The molecule has 0 N–H and O–H groups in total. The van der Waals surface area contributed by atoms with Gasteiger partial charge in [-0.25, -0.2) is 14.4 Å². The predicted octanol–water partition coefficient (Wildman–Crippen LogP) is 7.00. The lowest BCUT2D eigenvalue weighted by Crippen LogP contribution is -2.12. The van der Waals surface area contributed by atoms with E-state index in [-0.39, 0.29) is 12.2 Å². The highest BCUT2D eigenvalue weighted by atomic mass is 16.5. The van der Waals surface area contributed by atoms with Crippen LogP contribution in [0.3, 0.4) is 0 Å². The summed E-state index contributed by atoms with van der Waals surface area (Å²) < 4.78 is 27.0. The van der Waals surface area contributed by atoms with Gasteiger partial charge < -0.3 is 23.7 Å². The van der Waals surface area contributed by atoms with Crippen molar-refractivity contribution in [2.75, 3.05) is 20.3 Å². The molecule has 0 saturated carbocycles. The smallest absolute Gasteiger partial charge is 0.343 e. The van der Waals surface area contributed by atoms with E-state index < -0.39 is 17.9 Å². The number of esters is 3. The number of unbranched alkanes of at least 4 members (excludes halogenated alkanes) is 1. The van der Waals surface area contributed by atoms with E-state index in [2.05, 4.69) is 19.7 Å². The summed E-state index contributed by atoms with van der Waals surface area (Å²) in [5.74, 6) is 0.0671. The molecule has 42 heavy (non-hydrogen) atoms. The number of rotatable bonds is 13. The van der Waals surface area contributed by atoms with Gasteiger partial charge in [0.25, 0.3) is 0 Å². The van der Waals surface area contributed by atoms with Crippen LogP contribution >= 0.6 is 0 Å². The van der Waals surface area contributed by atoms with Crippen LogP contribution in [0, 0.1) is 13.8 Å². The van der Waals surface area contributed by atoms with Crippen LogP contribution in [-0.2, 0) is 9.53 Å². The van der Waals surface area contributed by atoms with Crippen LogP contribution < -0.4 is 18.9 Å². The number of hydrogen-bond donors (Lipinski definition) is 0. The molecule has 0 spiro atoms. The van der Waals surface area contributed by atoms with Crippen LogP contribution in [0.2, 0.25) is 0 Å². The van der Waals surface area contributed by atoms with E-state index >= 15 is 0 Å². The largest absolute Gasteiger partial charge is 0.493 e. The molecule has 3 rings (SSSR count). The Labute approximate surface area is 246 Å². The molecule has 0 aliphatic carbocycles. The highest BCUT2D eigenvalue weighted by molar-refractivity contribution is 5.93. The molecular weight excluding hydrogens is 536 g/mol. The maximum absolute atomic E-state index is 12.8. The summed E-state index contributed by atoms with van der Waals surface area (Å²) in [5, 5.41) is 0. The zero-order valence-corrected chi connectivity index (χ0v) is 24.2. The van der Waals surface area contributed by atoms with Crippen LogP contribution in [0.1, 0.15) is 44.7 Å². The van der Waals surface area contributed by atoms with E-state index in [1.807, 2.05) is 19.1 Å². The lowest BCUT2D eigenvalue weighted by atomic mass is 10.1. The van der Waals surface area contributed by atoms with Gasteiger partial charge in [-0.3, -0.25) is 0 Å². The topological polar surface area (TPSA) is 97.4 Å². The van der Waals surface area contributed by atoms with E-state index in [0.29, 0.717) is 53.6 Å². The molecule has 0 saturated heterocycles. The zero-order valence-electron chi connectivity index (χ0n) is 24.2. The average Bonchev–Trinajstić information content (AvgIpc) is 3.00. The Morgan fingerprint density at radius 3 is 1.90 bits per heavy atom. The molecule has 0 radical (unpaired) electrons. The standard InChI is InChI=1S/C30H30O8.C4H6/c1-5-28(31)36-17-7-6-16-35-26-15-11-23(19-27(26)34-4)30(33)38-25-14-10-22(18-21(25)3)29(32)37-24-12-8-20(2)9-13-24;1-3-4-2/h5,8-15,18-19H,1,6-7,16-17H2,2-4H3;3-4H,1-2H2. The van der Waals surface area contributed by atoms with Crippen molar-refractivity contribution in [3.8, 4) is 23.0 Å². The van der Waals surface area contributed by atoms with E-state index in [1.54, 1.807) is 61.5 Å². The van der Waals surface area contributed by atoms with Gasteiger partial charge in [0, 0.05) is 6.08 Å². The van der Waals surface area contributed by atoms with Crippen molar-refractivity contribution in [1.82, 2.24) is 0 Å². The van der Waals surface area contributed by atoms with Crippen molar-refractivity contribution >= 4 is 17.9 Å². The molecule has 3 aromatic rings. The number of allylic oxidation sites excluding steroid dienone is 2. The normalized spacial score (nSPS) is 9.79. The van der Waals surface area contributed by atoms with Gasteiger partial charge in [0.05, 0.1) is 31.5 Å². The van der Waals surface area contributed by atoms with E-state index in [1.165, 1.54) is 13.2 Å². The maximum atomic E-state index is 12.8. The summed E-state index contributed by atoms with van der Waals surface area (Å²) in [5.41, 5.74) is 2.27. The molecule has 0 heterocycles. The third-order valence-electron chi connectivity index (χ3n) is 5.62. The number of benzene rings is 3. The second-order valence-corrected chi connectivity index (χ2v) is 8.84. The molecule has 0 aromatic heterocycles. The number of carbonyl (C=O) groups excluding carboxylic acids is 3. The van der Waals surface area contributed by atoms with Crippen LogP contribution in [0.5, 0.6) is 23.0 Å². The van der Waals surface area contributed by atoms with Crippen molar-refractivity contribution in [3.05, 3.63) is 121 Å². The third kappa shape index (κ3) is 10.8. The second-order valence-electron chi connectivity index (χ2n) is 8.84. The van der Waals surface area contributed by atoms with E-state index in [0.717, 1.165) is 11.6 Å². The lowest BCUT2D eigenvalue weighted by Gasteiger charge is -2.13. The van der Waals surface area contributed by atoms with Crippen molar-refractivity contribution in [2.24, 2.45) is 0 Å². The first kappa shape index (κ1) is 33.1. The Balaban J connectivity index is 0.00000144. The SMILES string of the molecule is C=CC(=O)OCCCCOc1ccc(C(=O)Oc2ccc(C(=O)Oc3ccc(C)cc3)cc2C)cc1OC.C=CC=C. The minimum atomic E-state index is -0.586. The fourth-order valence-corrected chi connectivity index (χ4v) is 3.35. The molecule has 0 atom stereocenters. The van der Waals surface area contributed by atoms with Crippen LogP contribution in [0.25, 0.3) is 0 Å². The van der Waals surface area contributed by atoms with Gasteiger partial charge in [0.1, 0.15) is 11.5 Å². The Morgan fingerprint density at radius 1 is 0.714 bits per heavy atom. The second kappa shape index (κ2) is 17.6. The Bertz CT molecular complexity index is 1380.